The van der Waals surface area contributed by atoms with Crippen molar-refractivity contribution in [1.29, 1.82) is 0 Å². The molecule has 2 N–H and O–H groups in total. The van der Waals surface area contributed by atoms with E-state index in [1.54, 1.807) is 41.1 Å². The topological polar surface area (TPSA) is 76.3 Å². The first-order chi connectivity index (χ1) is 11.5. The normalized spacial score (nSPS) is 10.4. The SMILES string of the molecule is Cc1ccc(C)n1NC(=O)c1ccc(NC(=O)c2ccco2)cc1. The van der Waals surface area contributed by atoms with Crippen LogP contribution in [0.2, 0.25) is 0 Å². The molecule has 122 valence electrons. The third-order valence-corrected chi connectivity index (χ3v) is 3.63. The lowest BCUT2D eigenvalue weighted by Crippen LogP contribution is -2.24. The summed E-state index contributed by atoms with van der Waals surface area (Å²) < 4.78 is 6.76. The van der Waals surface area contributed by atoms with E-state index in [0.29, 0.717) is 11.3 Å². The van der Waals surface area contributed by atoms with Gasteiger partial charge in [0.2, 0.25) is 0 Å². The zero-order valence-electron chi connectivity index (χ0n) is 13.4. The summed E-state index contributed by atoms with van der Waals surface area (Å²) in [6, 6.07) is 13.7. The van der Waals surface area contributed by atoms with Gasteiger partial charge in [-0.05, 0) is 62.4 Å². The van der Waals surface area contributed by atoms with Gasteiger partial charge in [0, 0.05) is 22.6 Å². The minimum atomic E-state index is -0.337. The minimum Gasteiger partial charge on any atom is -0.459 e. The van der Waals surface area contributed by atoms with Crippen LogP contribution in [0.1, 0.15) is 32.3 Å². The van der Waals surface area contributed by atoms with E-state index in [-0.39, 0.29) is 17.6 Å². The Morgan fingerprint density at radius 3 is 2.17 bits per heavy atom. The fourth-order valence-electron chi connectivity index (χ4n) is 2.32. The maximum absolute atomic E-state index is 12.3. The molecule has 2 aromatic heterocycles. The molecule has 6 nitrogen and oxygen atoms in total. The van der Waals surface area contributed by atoms with Crippen molar-refractivity contribution in [1.82, 2.24) is 4.68 Å². The number of rotatable bonds is 4. The number of aryl methyl sites for hydroxylation is 2. The monoisotopic (exact) mass is 323 g/mol. The number of aromatic nitrogens is 1. The summed E-state index contributed by atoms with van der Waals surface area (Å²) in [5.74, 6) is -0.326. The molecule has 0 atom stereocenters. The molecule has 0 aliphatic heterocycles. The van der Waals surface area contributed by atoms with Crippen LogP contribution in [0.15, 0.2) is 59.2 Å². The molecular weight excluding hydrogens is 306 g/mol. The molecule has 0 unspecified atom stereocenters. The van der Waals surface area contributed by atoms with Gasteiger partial charge in [-0.15, -0.1) is 0 Å². The number of anilines is 1. The smallest absolute Gasteiger partial charge is 0.291 e. The van der Waals surface area contributed by atoms with Crippen LogP contribution in [0.5, 0.6) is 0 Å². The van der Waals surface area contributed by atoms with Crippen LogP contribution in [0.3, 0.4) is 0 Å². The quantitative estimate of drug-likeness (QED) is 0.773. The molecule has 6 heteroatoms. The van der Waals surface area contributed by atoms with Crippen LogP contribution in [0.25, 0.3) is 0 Å². The summed E-state index contributed by atoms with van der Waals surface area (Å²) in [6.07, 6.45) is 1.44. The van der Waals surface area contributed by atoms with Crippen molar-refractivity contribution >= 4 is 17.5 Å². The Hall–Kier alpha value is -3.28. The third-order valence-electron chi connectivity index (χ3n) is 3.63. The number of carbonyl (C=O) groups excluding carboxylic acids is 2. The van der Waals surface area contributed by atoms with Crippen LogP contribution in [0, 0.1) is 13.8 Å². The predicted octanol–water partition coefficient (Wildman–Crippen LogP) is 3.33. The van der Waals surface area contributed by atoms with Gasteiger partial charge in [-0.25, -0.2) is 0 Å². The van der Waals surface area contributed by atoms with Crippen LogP contribution >= 0.6 is 0 Å². The molecule has 0 bridgehead atoms. The largest absolute Gasteiger partial charge is 0.459 e. The van der Waals surface area contributed by atoms with Crippen molar-refractivity contribution in [2.75, 3.05) is 10.7 Å². The first-order valence-electron chi connectivity index (χ1n) is 7.46. The molecular formula is C18H17N3O3. The Bertz CT molecular complexity index is 842. The lowest BCUT2D eigenvalue weighted by atomic mass is 10.2. The summed E-state index contributed by atoms with van der Waals surface area (Å²) in [5, 5.41) is 2.70. The molecule has 3 rings (SSSR count). The Morgan fingerprint density at radius 2 is 1.58 bits per heavy atom. The highest BCUT2D eigenvalue weighted by Crippen LogP contribution is 2.13. The van der Waals surface area contributed by atoms with E-state index >= 15 is 0 Å². The van der Waals surface area contributed by atoms with Crippen molar-refractivity contribution in [3.63, 3.8) is 0 Å². The van der Waals surface area contributed by atoms with Crippen molar-refractivity contribution in [3.8, 4) is 0 Å². The summed E-state index contributed by atoms with van der Waals surface area (Å²) in [5.41, 5.74) is 5.81. The second kappa shape index (κ2) is 6.45. The Kier molecular flexibility index (Phi) is 4.20. The number of carbonyl (C=O) groups is 2. The summed E-state index contributed by atoms with van der Waals surface area (Å²) in [7, 11) is 0. The van der Waals surface area contributed by atoms with Gasteiger partial charge in [-0.2, -0.15) is 0 Å². The van der Waals surface area contributed by atoms with Gasteiger partial charge in [-0.3, -0.25) is 19.7 Å². The number of furan rings is 1. The minimum absolute atomic E-state index is 0.221. The first kappa shape index (κ1) is 15.6. The second-order valence-corrected chi connectivity index (χ2v) is 5.40. The van der Waals surface area contributed by atoms with E-state index in [2.05, 4.69) is 10.7 Å². The zero-order valence-corrected chi connectivity index (χ0v) is 13.4. The maximum Gasteiger partial charge on any atom is 0.291 e. The van der Waals surface area contributed by atoms with Gasteiger partial charge in [0.05, 0.1) is 6.26 Å². The summed E-state index contributed by atoms with van der Waals surface area (Å²) in [6.45, 7) is 3.83. The van der Waals surface area contributed by atoms with Gasteiger partial charge in [0.15, 0.2) is 5.76 Å². The van der Waals surface area contributed by atoms with Gasteiger partial charge >= 0.3 is 0 Å². The first-order valence-corrected chi connectivity index (χ1v) is 7.46. The standard InChI is InChI=1S/C18H17N3O3/c1-12-5-6-13(2)21(12)20-17(22)14-7-9-15(10-8-14)19-18(23)16-4-3-11-24-16/h3-11H,1-2H3,(H,19,23)(H,20,22). The van der Waals surface area contributed by atoms with Crippen molar-refractivity contribution in [2.45, 2.75) is 13.8 Å². The predicted molar refractivity (Wildman–Crippen MR) is 90.7 cm³/mol. The molecule has 3 aromatic rings. The maximum atomic E-state index is 12.3. The van der Waals surface area contributed by atoms with Crippen molar-refractivity contribution in [2.24, 2.45) is 0 Å². The Morgan fingerprint density at radius 1 is 0.917 bits per heavy atom. The number of nitrogens with one attached hydrogen (secondary N) is 2. The highest BCUT2D eigenvalue weighted by atomic mass is 16.3. The van der Waals surface area contributed by atoms with Gasteiger partial charge in [0.1, 0.15) is 0 Å². The highest BCUT2D eigenvalue weighted by molar-refractivity contribution is 6.03. The number of benzene rings is 1. The molecule has 0 saturated carbocycles. The molecule has 2 heterocycles. The summed E-state index contributed by atoms with van der Waals surface area (Å²) in [4.78, 5) is 24.2. The van der Waals surface area contributed by atoms with E-state index in [4.69, 9.17) is 4.42 Å². The molecule has 1 aromatic carbocycles. The lowest BCUT2D eigenvalue weighted by Gasteiger charge is -2.11. The fourth-order valence-corrected chi connectivity index (χ4v) is 2.32. The fraction of sp³-hybridized carbons (Fsp3) is 0.111. The Labute approximate surface area is 139 Å². The average Bonchev–Trinajstić information content (AvgIpc) is 3.21. The van der Waals surface area contributed by atoms with Crippen LogP contribution in [-0.2, 0) is 0 Å². The molecule has 0 spiro atoms. The van der Waals surface area contributed by atoms with Crippen LogP contribution in [-0.4, -0.2) is 16.5 Å². The molecule has 2 amide bonds. The second-order valence-electron chi connectivity index (χ2n) is 5.40. The van der Waals surface area contributed by atoms with E-state index in [0.717, 1.165) is 11.4 Å². The number of nitrogens with zero attached hydrogens (tertiary/aromatic N) is 1. The molecule has 24 heavy (non-hydrogen) atoms. The Balaban J connectivity index is 1.68. The van der Waals surface area contributed by atoms with E-state index in [9.17, 15) is 9.59 Å². The van der Waals surface area contributed by atoms with Gasteiger partial charge < -0.3 is 9.73 Å². The average molecular weight is 323 g/mol. The molecule has 0 saturated heterocycles. The molecule has 0 radical (unpaired) electrons. The van der Waals surface area contributed by atoms with Crippen molar-refractivity contribution < 1.29 is 14.0 Å². The third kappa shape index (κ3) is 3.22. The van der Waals surface area contributed by atoms with Crippen LogP contribution < -0.4 is 10.7 Å². The van der Waals surface area contributed by atoms with E-state index in [1.807, 2.05) is 26.0 Å². The van der Waals surface area contributed by atoms with Crippen molar-refractivity contribution in [3.05, 3.63) is 77.5 Å². The van der Waals surface area contributed by atoms with E-state index in [1.165, 1.54) is 6.26 Å². The zero-order chi connectivity index (χ0) is 17.1. The molecule has 0 fully saturated rings. The molecule has 0 aliphatic carbocycles. The van der Waals surface area contributed by atoms with Gasteiger partial charge in [-0.1, -0.05) is 0 Å². The number of hydrogen-bond acceptors (Lipinski definition) is 3. The highest BCUT2D eigenvalue weighted by Gasteiger charge is 2.11. The lowest BCUT2D eigenvalue weighted by molar-refractivity contribution is 0.0993. The van der Waals surface area contributed by atoms with Gasteiger partial charge in [0.25, 0.3) is 11.8 Å². The number of amides is 2. The molecule has 0 aliphatic rings. The van der Waals surface area contributed by atoms with Crippen LogP contribution in [0.4, 0.5) is 5.69 Å². The number of hydrogen-bond donors (Lipinski definition) is 2. The summed E-state index contributed by atoms with van der Waals surface area (Å²) >= 11 is 0. The van der Waals surface area contributed by atoms with E-state index < -0.39 is 0 Å².